The number of nitrogens with zero attached hydrogens (tertiary/aromatic N) is 3. The van der Waals surface area contributed by atoms with E-state index in [4.69, 9.17) is 5.73 Å². The topological polar surface area (TPSA) is 64.2 Å². The molecule has 1 aliphatic rings. The fraction of sp³-hybridized carbons (Fsp3) is 0.538. The summed E-state index contributed by atoms with van der Waals surface area (Å²) >= 11 is 3.39. The Hall–Kier alpha value is -1.14. The number of halogens is 1. The third-order valence-corrected chi connectivity index (χ3v) is 4.32. The molecule has 5 nitrogen and oxygen atoms in total. The summed E-state index contributed by atoms with van der Waals surface area (Å²) in [7, 11) is 0. The molecule has 104 valence electrons. The lowest BCUT2D eigenvalue weighted by molar-refractivity contribution is 0.488. The molecular weight excluding hydrogens is 308 g/mol. The minimum absolute atomic E-state index is 0.123. The summed E-state index contributed by atoms with van der Waals surface area (Å²) in [6, 6.07) is 0.179. The molecule has 2 unspecified atom stereocenters. The Kier molecular flexibility index (Phi) is 4.42. The molecule has 2 N–H and O–H groups in total. The van der Waals surface area contributed by atoms with Crippen molar-refractivity contribution in [1.82, 2.24) is 9.78 Å². The van der Waals surface area contributed by atoms with Gasteiger partial charge in [0.05, 0.1) is 18.4 Å². The van der Waals surface area contributed by atoms with E-state index in [1.807, 2.05) is 6.92 Å². The molecule has 0 saturated carbocycles. The van der Waals surface area contributed by atoms with Crippen LogP contribution in [0, 0.1) is 5.92 Å². The van der Waals surface area contributed by atoms with Crippen molar-refractivity contribution in [2.24, 2.45) is 11.7 Å². The van der Waals surface area contributed by atoms with Crippen molar-refractivity contribution >= 4 is 21.6 Å². The molecule has 1 fully saturated rings. The Balaban J connectivity index is 2.25. The van der Waals surface area contributed by atoms with E-state index in [0.29, 0.717) is 16.9 Å². The van der Waals surface area contributed by atoms with Gasteiger partial charge in [0.2, 0.25) is 0 Å². The van der Waals surface area contributed by atoms with Crippen LogP contribution in [0.1, 0.15) is 13.3 Å². The highest BCUT2D eigenvalue weighted by molar-refractivity contribution is 9.10. The number of allylic oxidation sites excluding steroid dienone is 1. The Morgan fingerprint density at radius 2 is 2.47 bits per heavy atom. The Labute approximate surface area is 121 Å². The summed E-state index contributed by atoms with van der Waals surface area (Å²) in [5, 5.41) is 4.17. The van der Waals surface area contributed by atoms with E-state index in [1.165, 1.54) is 4.68 Å². The van der Waals surface area contributed by atoms with E-state index in [0.717, 1.165) is 25.2 Å². The Morgan fingerprint density at radius 3 is 3.05 bits per heavy atom. The van der Waals surface area contributed by atoms with Gasteiger partial charge in [0.15, 0.2) is 0 Å². The first kappa shape index (κ1) is 14.3. The minimum atomic E-state index is -0.123. The molecule has 0 aromatic carbocycles. The fourth-order valence-electron chi connectivity index (χ4n) is 2.36. The maximum Gasteiger partial charge on any atom is 0.283 e. The second-order valence-corrected chi connectivity index (χ2v) is 5.77. The van der Waals surface area contributed by atoms with Crippen molar-refractivity contribution in [1.29, 1.82) is 0 Å². The zero-order valence-electron chi connectivity index (χ0n) is 11.1. The summed E-state index contributed by atoms with van der Waals surface area (Å²) < 4.78 is 1.95. The second kappa shape index (κ2) is 5.88. The summed E-state index contributed by atoms with van der Waals surface area (Å²) in [5.41, 5.74) is 6.67. The van der Waals surface area contributed by atoms with Crippen LogP contribution in [0.15, 0.2) is 28.1 Å². The van der Waals surface area contributed by atoms with E-state index in [9.17, 15) is 4.79 Å². The van der Waals surface area contributed by atoms with Crippen LogP contribution in [0.2, 0.25) is 0 Å². The number of hydrogen-bond donors (Lipinski definition) is 1. The highest BCUT2D eigenvalue weighted by atomic mass is 79.9. The Morgan fingerprint density at radius 1 is 1.74 bits per heavy atom. The van der Waals surface area contributed by atoms with Crippen molar-refractivity contribution in [2.75, 3.05) is 18.0 Å². The average molecular weight is 327 g/mol. The van der Waals surface area contributed by atoms with Crippen molar-refractivity contribution in [3.8, 4) is 0 Å². The zero-order chi connectivity index (χ0) is 14.0. The molecule has 0 spiro atoms. The summed E-state index contributed by atoms with van der Waals surface area (Å²) in [6.45, 7) is 7.86. The smallest absolute Gasteiger partial charge is 0.283 e. The molecule has 1 aliphatic heterocycles. The highest BCUT2D eigenvalue weighted by Gasteiger charge is 2.27. The SMILES string of the molecule is C=CCn1ncc(N2CCC(C(C)N)C2)c(Br)c1=O. The third kappa shape index (κ3) is 2.90. The molecule has 6 heteroatoms. The lowest BCUT2D eigenvalue weighted by Gasteiger charge is -2.21. The minimum Gasteiger partial charge on any atom is -0.369 e. The van der Waals surface area contributed by atoms with Crippen LogP contribution < -0.4 is 16.2 Å². The van der Waals surface area contributed by atoms with Crippen molar-refractivity contribution in [2.45, 2.75) is 25.9 Å². The van der Waals surface area contributed by atoms with Crippen LogP contribution in [0.25, 0.3) is 0 Å². The fourth-order valence-corrected chi connectivity index (χ4v) is 2.92. The lowest BCUT2D eigenvalue weighted by Crippen LogP contribution is -2.31. The maximum atomic E-state index is 12.1. The van der Waals surface area contributed by atoms with Gasteiger partial charge in [-0.25, -0.2) is 4.68 Å². The van der Waals surface area contributed by atoms with Crippen molar-refractivity contribution in [3.05, 3.63) is 33.7 Å². The van der Waals surface area contributed by atoms with Gasteiger partial charge in [0, 0.05) is 19.1 Å². The van der Waals surface area contributed by atoms with Gasteiger partial charge in [0.1, 0.15) is 4.47 Å². The molecule has 0 radical (unpaired) electrons. The molecule has 0 aliphatic carbocycles. The first-order valence-corrected chi connectivity index (χ1v) is 7.21. The molecule has 0 amide bonds. The standard InChI is InChI=1S/C13H19BrN4O/c1-3-5-18-13(19)12(14)11(7-16-18)17-6-4-10(8-17)9(2)15/h3,7,9-10H,1,4-6,8,15H2,2H3. The van der Waals surface area contributed by atoms with Crippen LogP contribution in [0.4, 0.5) is 5.69 Å². The third-order valence-electron chi connectivity index (χ3n) is 3.58. The number of rotatable bonds is 4. The first-order valence-electron chi connectivity index (χ1n) is 6.41. The van der Waals surface area contributed by atoms with Crippen LogP contribution in [-0.4, -0.2) is 28.9 Å². The van der Waals surface area contributed by atoms with Crippen LogP contribution in [-0.2, 0) is 6.54 Å². The predicted molar refractivity (Wildman–Crippen MR) is 80.4 cm³/mol. The van der Waals surface area contributed by atoms with Gasteiger partial charge in [-0.1, -0.05) is 6.08 Å². The zero-order valence-corrected chi connectivity index (χ0v) is 12.6. The molecule has 2 rings (SSSR count). The predicted octanol–water partition coefficient (Wildman–Crippen LogP) is 1.37. The molecule has 0 bridgehead atoms. The summed E-state index contributed by atoms with van der Waals surface area (Å²) in [5.74, 6) is 0.475. The second-order valence-electron chi connectivity index (χ2n) is 4.97. The van der Waals surface area contributed by atoms with Gasteiger partial charge >= 0.3 is 0 Å². The molecule has 1 aromatic rings. The van der Waals surface area contributed by atoms with E-state index in [1.54, 1.807) is 12.3 Å². The van der Waals surface area contributed by atoms with E-state index in [2.05, 4.69) is 32.5 Å². The summed E-state index contributed by atoms with van der Waals surface area (Å²) in [6.07, 6.45) is 4.45. The van der Waals surface area contributed by atoms with Gasteiger partial charge in [0.25, 0.3) is 5.56 Å². The average Bonchev–Trinajstić information content (AvgIpc) is 2.85. The van der Waals surface area contributed by atoms with Gasteiger partial charge in [-0.05, 0) is 35.2 Å². The molecule has 2 heterocycles. The van der Waals surface area contributed by atoms with E-state index >= 15 is 0 Å². The molecule has 2 atom stereocenters. The van der Waals surface area contributed by atoms with Crippen LogP contribution >= 0.6 is 15.9 Å². The number of anilines is 1. The van der Waals surface area contributed by atoms with Gasteiger partial charge in [-0.3, -0.25) is 4.79 Å². The van der Waals surface area contributed by atoms with Crippen LogP contribution in [0.3, 0.4) is 0 Å². The quantitative estimate of drug-likeness (QED) is 0.849. The van der Waals surface area contributed by atoms with E-state index < -0.39 is 0 Å². The first-order chi connectivity index (χ1) is 9.04. The molecule has 19 heavy (non-hydrogen) atoms. The van der Waals surface area contributed by atoms with Gasteiger partial charge in [-0.15, -0.1) is 6.58 Å². The molecular formula is C13H19BrN4O. The Bertz CT molecular complexity index is 526. The van der Waals surface area contributed by atoms with Crippen molar-refractivity contribution in [3.63, 3.8) is 0 Å². The van der Waals surface area contributed by atoms with E-state index in [-0.39, 0.29) is 11.6 Å². The number of nitrogens with two attached hydrogens (primary N) is 1. The van der Waals surface area contributed by atoms with Gasteiger partial charge < -0.3 is 10.6 Å². The lowest BCUT2D eigenvalue weighted by atomic mass is 10.0. The highest BCUT2D eigenvalue weighted by Crippen LogP contribution is 2.28. The van der Waals surface area contributed by atoms with Gasteiger partial charge in [-0.2, -0.15) is 5.10 Å². The molecule has 1 saturated heterocycles. The van der Waals surface area contributed by atoms with Crippen LogP contribution in [0.5, 0.6) is 0 Å². The monoisotopic (exact) mass is 326 g/mol. The van der Waals surface area contributed by atoms with Crippen molar-refractivity contribution < 1.29 is 0 Å². The number of hydrogen-bond acceptors (Lipinski definition) is 4. The normalized spacial score (nSPS) is 20.6. The molecule has 1 aromatic heterocycles. The largest absolute Gasteiger partial charge is 0.369 e. The summed E-state index contributed by atoms with van der Waals surface area (Å²) in [4.78, 5) is 14.3. The number of aromatic nitrogens is 2. The maximum absolute atomic E-state index is 12.1.